The van der Waals surface area contributed by atoms with Gasteiger partial charge in [0.2, 0.25) is 23.1 Å². The smallest absolute Gasteiger partial charge is 0.238 e. The van der Waals surface area contributed by atoms with Crippen molar-refractivity contribution < 1.29 is 4.79 Å². The summed E-state index contributed by atoms with van der Waals surface area (Å²) in [5.74, 6) is 0.249. The van der Waals surface area contributed by atoms with Crippen LogP contribution in [0.15, 0.2) is 0 Å². The number of hydrogen-bond acceptors (Lipinski definition) is 6. The normalized spacial score (nSPS) is 20.5. The Morgan fingerprint density at radius 1 is 1.44 bits per heavy atom. The van der Waals surface area contributed by atoms with Gasteiger partial charge < -0.3 is 11.5 Å². The minimum Gasteiger partial charge on any atom is -0.368 e. The number of nitrogen functional groups attached to an aromatic ring is 1. The molecular weight excluding hydrogens is 232 g/mol. The van der Waals surface area contributed by atoms with Gasteiger partial charge in [0.1, 0.15) is 0 Å². The molecule has 0 radical (unpaired) electrons. The van der Waals surface area contributed by atoms with Crippen LogP contribution >= 0.6 is 11.6 Å². The largest absolute Gasteiger partial charge is 0.368 e. The molecule has 1 fully saturated rings. The highest BCUT2D eigenvalue weighted by atomic mass is 35.5. The van der Waals surface area contributed by atoms with Crippen molar-refractivity contribution in [2.24, 2.45) is 11.7 Å². The van der Waals surface area contributed by atoms with Crippen molar-refractivity contribution in [2.45, 2.75) is 6.42 Å². The van der Waals surface area contributed by atoms with Crippen LogP contribution in [-0.4, -0.2) is 33.9 Å². The van der Waals surface area contributed by atoms with Crippen LogP contribution < -0.4 is 16.4 Å². The zero-order chi connectivity index (χ0) is 11.7. The number of rotatable bonds is 2. The maximum absolute atomic E-state index is 11.7. The number of carbonyl (C=O) groups excluding carboxylic acids is 1. The van der Waals surface area contributed by atoms with Gasteiger partial charge >= 0.3 is 0 Å². The summed E-state index contributed by atoms with van der Waals surface area (Å²) in [7, 11) is 0. The highest BCUT2D eigenvalue weighted by Gasteiger charge is 2.31. The van der Waals surface area contributed by atoms with E-state index in [-0.39, 0.29) is 29.0 Å². The predicted molar refractivity (Wildman–Crippen MR) is 58.8 cm³/mol. The van der Waals surface area contributed by atoms with E-state index in [1.165, 1.54) is 4.90 Å². The van der Waals surface area contributed by atoms with Crippen molar-refractivity contribution in [1.29, 1.82) is 0 Å². The first-order valence-electron chi connectivity index (χ1n) is 4.77. The molecule has 86 valence electrons. The SMILES string of the molecule is NCC1CC(=O)N(c2nc(N)nc(Cl)n2)C1. The van der Waals surface area contributed by atoms with Gasteiger partial charge in [0.15, 0.2) is 0 Å². The Bertz CT molecular complexity index is 405. The zero-order valence-electron chi connectivity index (χ0n) is 8.43. The molecule has 8 heteroatoms. The molecule has 1 unspecified atom stereocenters. The molecule has 0 saturated carbocycles. The molecule has 2 heterocycles. The van der Waals surface area contributed by atoms with Crippen LogP contribution in [-0.2, 0) is 4.79 Å². The first-order valence-corrected chi connectivity index (χ1v) is 5.15. The Morgan fingerprint density at radius 2 is 2.19 bits per heavy atom. The first-order chi connectivity index (χ1) is 7.60. The molecular formula is C8H11ClN6O. The van der Waals surface area contributed by atoms with Crippen LogP contribution in [0.2, 0.25) is 5.28 Å². The number of aromatic nitrogens is 3. The predicted octanol–water partition coefficient (Wildman–Crippen LogP) is -0.581. The molecule has 1 aromatic rings. The van der Waals surface area contributed by atoms with Crippen molar-refractivity contribution >= 4 is 29.4 Å². The lowest BCUT2D eigenvalue weighted by molar-refractivity contribution is -0.117. The van der Waals surface area contributed by atoms with Crippen LogP contribution in [0.1, 0.15) is 6.42 Å². The second-order valence-electron chi connectivity index (χ2n) is 3.57. The molecule has 0 spiro atoms. The fourth-order valence-corrected chi connectivity index (χ4v) is 1.77. The molecule has 1 amide bonds. The second kappa shape index (κ2) is 4.18. The number of hydrogen-bond donors (Lipinski definition) is 2. The average molecular weight is 243 g/mol. The molecule has 7 nitrogen and oxygen atoms in total. The van der Waals surface area contributed by atoms with Crippen molar-refractivity contribution in [3.05, 3.63) is 5.28 Å². The van der Waals surface area contributed by atoms with E-state index in [1.54, 1.807) is 0 Å². The summed E-state index contributed by atoms with van der Waals surface area (Å²) >= 11 is 5.64. The highest BCUT2D eigenvalue weighted by molar-refractivity contribution is 6.28. The summed E-state index contributed by atoms with van der Waals surface area (Å²) in [5.41, 5.74) is 10.9. The maximum Gasteiger partial charge on any atom is 0.238 e. The van der Waals surface area contributed by atoms with Crippen LogP contribution in [0.3, 0.4) is 0 Å². The topological polar surface area (TPSA) is 111 Å². The van der Waals surface area contributed by atoms with E-state index >= 15 is 0 Å². The minimum atomic E-state index is -0.0721. The van der Waals surface area contributed by atoms with Crippen LogP contribution in [0.4, 0.5) is 11.9 Å². The minimum absolute atomic E-state index is 0.000927. The molecule has 0 bridgehead atoms. The monoisotopic (exact) mass is 242 g/mol. The van der Waals surface area contributed by atoms with Gasteiger partial charge in [-0.3, -0.25) is 9.69 Å². The summed E-state index contributed by atoms with van der Waals surface area (Å²) in [4.78, 5) is 24.4. The summed E-state index contributed by atoms with van der Waals surface area (Å²) in [6.45, 7) is 0.950. The fourth-order valence-electron chi connectivity index (χ4n) is 1.61. The molecule has 16 heavy (non-hydrogen) atoms. The van der Waals surface area contributed by atoms with Gasteiger partial charge in [-0.05, 0) is 24.1 Å². The van der Waals surface area contributed by atoms with Crippen molar-refractivity contribution in [1.82, 2.24) is 15.0 Å². The van der Waals surface area contributed by atoms with E-state index in [0.29, 0.717) is 19.5 Å². The number of nitrogens with two attached hydrogens (primary N) is 2. The van der Waals surface area contributed by atoms with E-state index < -0.39 is 0 Å². The van der Waals surface area contributed by atoms with E-state index in [9.17, 15) is 4.79 Å². The lowest BCUT2D eigenvalue weighted by Gasteiger charge is -2.13. The molecule has 1 aliphatic rings. The van der Waals surface area contributed by atoms with Crippen molar-refractivity contribution in [3.8, 4) is 0 Å². The summed E-state index contributed by atoms with van der Waals surface area (Å²) in [6, 6.07) is 0. The van der Waals surface area contributed by atoms with E-state index in [0.717, 1.165) is 0 Å². The Balaban J connectivity index is 2.27. The molecule has 4 N–H and O–H groups in total. The number of nitrogens with zero attached hydrogens (tertiary/aromatic N) is 4. The van der Waals surface area contributed by atoms with Crippen LogP contribution in [0, 0.1) is 5.92 Å². The third kappa shape index (κ3) is 2.05. The maximum atomic E-state index is 11.7. The summed E-state index contributed by atoms with van der Waals surface area (Å²) < 4.78 is 0. The van der Waals surface area contributed by atoms with Gasteiger partial charge in [-0.15, -0.1) is 0 Å². The lowest BCUT2D eigenvalue weighted by atomic mass is 10.1. The molecule has 0 aliphatic carbocycles. The van der Waals surface area contributed by atoms with Crippen molar-refractivity contribution in [2.75, 3.05) is 23.7 Å². The van der Waals surface area contributed by atoms with E-state index in [4.69, 9.17) is 23.1 Å². The van der Waals surface area contributed by atoms with Gasteiger partial charge in [-0.25, -0.2) is 0 Å². The molecule has 0 aromatic carbocycles. The third-order valence-corrected chi connectivity index (χ3v) is 2.56. The average Bonchev–Trinajstić information content (AvgIpc) is 2.58. The first kappa shape index (κ1) is 11.0. The van der Waals surface area contributed by atoms with Crippen molar-refractivity contribution in [3.63, 3.8) is 0 Å². The molecule has 2 rings (SSSR count). The quantitative estimate of drug-likeness (QED) is 0.718. The Labute approximate surface area is 96.8 Å². The highest BCUT2D eigenvalue weighted by Crippen LogP contribution is 2.22. The summed E-state index contributed by atoms with van der Waals surface area (Å²) in [6.07, 6.45) is 0.402. The number of carbonyl (C=O) groups is 1. The molecule has 1 aromatic heterocycles. The van der Waals surface area contributed by atoms with Gasteiger partial charge in [0.25, 0.3) is 0 Å². The number of halogens is 1. The Kier molecular flexibility index (Phi) is 2.88. The van der Waals surface area contributed by atoms with Crippen LogP contribution in [0.25, 0.3) is 0 Å². The van der Waals surface area contributed by atoms with Crippen LogP contribution in [0.5, 0.6) is 0 Å². The number of amides is 1. The van der Waals surface area contributed by atoms with Gasteiger partial charge in [-0.2, -0.15) is 15.0 Å². The zero-order valence-corrected chi connectivity index (χ0v) is 9.18. The molecule has 1 aliphatic heterocycles. The Hall–Kier alpha value is -1.47. The standard InChI is InChI=1S/C8H11ClN6O/c9-6-12-7(11)14-8(13-6)15-3-4(2-10)1-5(15)16/h4H,1-3,10H2,(H2,11,12,13,14). The second-order valence-corrected chi connectivity index (χ2v) is 3.91. The fraction of sp³-hybridized carbons (Fsp3) is 0.500. The van der Waals surface area contributed by atoms with Gasteiger partial charge in [0.05, 0.1) is 0 Å². The van der Waals surface area contributed by atoms with E-state index in [2.05, 4.69) is 15.0 Å². The van der Waals surface area contributed by atoms with Gasteiger partial charge in [-0.1, -0.05) is 0 Å². The molecule has 1 atom stereocenters. The van der Waals surface area contributed by atoms with E-state index in [1.807, 2.05) is 0 Å². The van der Waals surface area contributed by atoms with Gasteiger partial charge in [0, 0.05) is 13.0 Å². The lowest BCUT2D eigenvalue weighted by Crippen LogP contribution is -2.28. The summed E-state index contributed by atoms with van der Waals surface area (Å²) in [5, 5.41) is -0.0218. The number of anilines is 2. The Morgan fingerprint density at radius 3 is 2.75 bits per heavy atom. The molecule has 1 saturated heterocycles. The third-order valence-electron chi connectivity index (χ3n) is 2.39.